The molecule has 1 fully saturated rings. The highest BCUT2D eigenvalue weighted by Gasteiger charge is 2.23. The molecule has 0 spiro atoms. The summed E-state index contributed by atoms with van der Waals surface area (Å²) < 4.78 is 13.4. The molecule has 2 N–H and O–H groups in total. The molecule has 1 aliphatic heterocycles. The van der Waals surface area contributed by atoms with Crippen molar-refractivity contribution in [2.45, 2.75) is 12.5 Å². The van der Waals surface area contributed by atoms with Crippen LogP contribution in [0.15, 0.2) is 24.4 Å². The van der Waals surface area contributed by atoms with Crippen molar-refractivity contribution in [2.24, 2.45) is 0 Å². The average Bonchev–Trinajstić information content (AvgIpc) is 3.08. The Morgan fingerprint density at radius 2 is 2.32 bits per heavy atom. The molecule has 3 rings (SSSR count). The van der Waals surface area contributed by atoms with E-state index in [1.165, 1.54) is 29.7 Å². The van der Waals surface area contributed by atoms with Crippen LogP contribution in [0, 0.1) is 5.82 Å². The van der Waals surface area contributed by atoms with Crippen LogP contribution < -0.4 is 10.6 Å². The number of amides is 1. The average molecular weight is 356 g/mol. The molecule has 2 heterocycles. The van der Waals surface area contributed by atoms with Gasteiger partial charge in [-0.05, 0) is 24.6 Å². The molecule has 4 nitrogen and oxygen atoms in total. The van der Waals surface area contributed by atoms with E-state index in [-0.39, 0.29) is 11.9 Å². The molecule has 1 atom stereocenters. The summed E-state index contributed by atoms with van der Waals surface area (Å²) in [4.78, 5) is 17.5. The fourth-order valence-electron chi connectivity index (χ4n) is 2.15. The van der Waals surface area contributed by atoms with Gasteiger partial charge in [-0.3, -0.25) is 4.79 Å². The third-order valence-electron chi connectivity index (χ3n) is 3.19. The van der Waals surface area contributed by atoms with Gasteiger partial charge in [0.1, 0.15) is 15.7 Å². The largest absolute Gasteiger partial charge is 0.378 e. The van der Waals surface area contributed by atoms with E-state index in [1.807, 2.05) is 0 Å². The van der Waals surface area contributed by atoms with Crippen molar-refractivity contribution in [3.8, 4) is 10.6 Å². The lowest BCUT2D eigenvalue weighted by Crippen LogP contribution is -2.38. The summed E-state index contributed by atoms with van der Waals surface area (Å²) in [7, 11) is 0. The predicted octanol–water partition coefficient (Wildman–Crippen LogP) is 3.02. The van der Waals surface area contributed by atoms with E-state index < -0.39 is 5.82 Å². The number of aromatic nitrogens is 1. The summed E-state index contributed by atoms with van der Waals surface area (Å²) in [6.07, 6.45) is 2.25. The third-order valence-corrected chi connectivity index (χ3v) is 4.89. The number of halogens is 2. The summed E-state index contributed by atoms with van der Waals surface area (Å²) in [5.74, 6) is -0.673. The Hall–Kier alpha value is -1.57. The van der Waals surface area contributed by atoms with Crippen LogP contribution in [0.25, 0.3) is 10.6 Å². The number of carbonyl (C=O) groups is 1. The summed E-state index contributed by atoms with van der Waals surface area (Å²) in [5, 5.41) is 6.71. The van der Waals surface area contributed by atoms with Gasteiger partial charge in [0.05, 0.1) is 17.2 Å². The third kappa shape index (κ3) is 3.26. The van der Waals surface area contributed by atoms with Crippen LogP contribution in [-0.4, -0.2) is 28.5 Å². The quantitative estimate of drug-likeness (QED) is 0.831. The summed E-state index contributed by atoms with van der Waals surface area (Å²) in [6, 6.07) is 4.03. The van der Waals surface area contributed by atoms with Crippen LogP contribution in [0.2, 0.25) is 5.02 Å². The van der Waals surface area contributed by atoms with Crippen LogP contribution in [0.4, 0.5) is 4.39 Å². The molecular formula is C14H11ClFN3OS2. The minimum Gasteiger partial charge on any atom is -0.378 e. The van der Waals surface area contributed by atoms with Crippen molar-refractivity contribution in [3.05, 3.63) is 40.1 Å². The van der Waals surface area contributed by atoms with E-state index >= 15 is 0 Å². The zero-order valence-electron chi connectivity index (χ0n) is 11.2. The maximum absolute atomic E-state index is 13.4. The van der Waals surface area contributed by atoms with Crippen molar-refractivity contribution >= 4 is 46.1 Å². The zero-order chi connectivity index (χ0) is 15.7. The van der Waals surface area contributed by atoms with Gasteiger partial charge in [0.2, 0.25) is 0 Å². The molecule has 1 saturated heterocycles. The highest BCUT2D eigenvalue weighted by molar-refractivity contribution is 7.80. The molecule has 2 aromatic rings. The maximum atomic E-state index is 13.4. The van der Waals surface area contributed by atoms with Crippen LogP contribution in [0.3, 0.4) is 0 Å². The molecule has 22 heavy (non-hydrogen) atoms. The van der Waals surface area contributed by atoms with Crippen LogP contribution in [-0.2, 0) is 0 Å². The smallest absolute Gasteiger partial charge is 0.263 e. The molecular weight excluding hydrogens is 345 g/mol. The minimum atomic E-state index is -0.439. The summed E-state index contributed by atoms with van der Waals surface area (Å²) in [6.45, 7) is 0.763. The first-order valence-corrected chi connectivity index (χ1v) is 8.14. The molecule has 8 heteroatoms. The van der Waals surface area contributed by atoms with Gasteiger partial charge in [-0.25, -0.2) is 9.37 Å². The van der Waals surface area contributed by atoms with Crippen molar-refractivity contribution in [3.63, 3.8) is 0 Å². The second-order valence-electron chi connectivity index (χ2n) is 4.79. The number of thiocarbonyl (C=S) groups is 1. The molecule has 0 radical (unpaired) electrons. The maximum Gasteiger partial charge on any atom is 0.263 e. The van der Waals surface area contributed by atoms with Gasteiger partial charge in [0, 0.05) is 17.1 Å². The minimum absolute atomic E-state index is 0.142. The molecule has 0 aliphatic carbocycles. The number of hydrogen-bond acceptors (Lipinski definition) is 4. The second-order valence-corrected chi connectivity index (χ2v) is 6.70. The molecule has 114 valence electrons. The van der Waals surface area contributed by atoms with Gasteiger partial charge in [-0.1, -0.05) is 23.8 Å². The predicted molar refractivity (Wildman–Crippen MR) is 89.0 cm³/mol. The molecule has 0 unspecified atom stereocenters. The number of hydrogen-bond donors (Lipinski definition) is 2. The van der Waals surface area contributed by atoms with Crippen molar-refractivity contribution in [1.29, 1.82) is 0 Å². The van der Waals surface area contributed by atoms with Crippen LogP contribution in [0.5, 0.6) is 0 Å². The molecule has 1 aromatic carbocycles. The zero-order valence-corrected chi connectivity index (χ0v) is 13.6. The lowest BCUT2D eigenvalue weighted by Gasteiger charge is -2.10. The number of benzene rings is 1. The van der Waals surface area contributed by atoms with Crippen molar-refractivity contribution in [2.75, 3.05) is 6.54 Å². The highest BCUT2D eigenvalue weighted by Crippen LogP contribution is 2.28. The number of nitrogens with zero attached hydrogens (tertiary/aromatic N) is 1. The van der Waals surface area contributed by atoms with Gasteiger partial charge in [0.15, 0.2) is 0 Å². The summed E-state index contributed by atoms with van der Waals surface area (Å²) >= 11 is 12.1. The monoisotopic (exact) mass is 355 g/mol. The van der Waals surface area contributed by atoms with Gasteiger partial charge >= 0.3 is 0 Å². The fraction of sp³-hybridized carbons (Fsp3) is 0.214. The fourth-order valence-corrected chi connectivity index (χ4v) is 3.46. The molecule has 1 aromatic heterocycles. The first-order chi connectivity index (χ1) is 10.5. The first kappa shape index (κ1) is 15.3. The SMILES string of the molecule is O=C(N[C@H]1CCNC1=S)c1cnc(-c2cc(F)cc(Cl)c2)s1. The Morgan fingerprint density at radius 3 is 3.00 bits per heavy atom. The Balaban J connectivity index is 1.78. The van der Waals surface area contributed by atoms with Crippen molar-refractivity contribution < 1.29 is 9.18 Å². The van der Waals surface area contributed by atoms with Gasteiger partial charge in [-0.15, -0.1) is 11.3 Å². The molecule has 1 aliphatic rings. The van der Waals surface area contributed by atoms with Crippen molar-refractivity contribution in [1.82, 2.24) is 15.6 Å². The Kier molecular flexibility index (Phi) is 4.37. The topological polar surface area (TPSA) is 54.0 Å². The highest BCUT2D eigenvalue weighted by atomic mass is 35.5. The van der Waals surface area contributed by atoms with E-state index in [1.54, 1.807) is 6.07 Å². The van der Waals surface area contributed by atoms with Gasteiger partial charge in [-0.2, -0.15) is 0 Å². The lowest BCUT2D eigenvalue weighted by molar-refractivity contribution is 0.0951. The number of carbonyl (C=O) groups excluding carboxylic acids is 1. The summed E-state index contributed by atoms with van der Waals surface area (Å²) in [5.41, 5.74) is 0.548. The van der Waals surface area contributed by atoms with E-state index in [0.29, 0.717) is 25.5 Å². The lowest BCUT2D eigenvalue weighted by atomic mass is 10.2. The van der Waals surface area contributed by atoms with Crippen LogP contribution in [0.1, 0.15) is 16.1 Å². The van der Waals surface area contributed by atoms with E-state index in [2.05, 4.69) is 15.6 Å². The second kappa shape index (κ2) is 6.28. The van der Waals surface area contributed by atoms with E-state index in [0.717, 1.165) is 13.0 Å². The Labute approximate surface area is 140 Å². The number of nitrogens with one attached hydrogen (secondary N) is 2. The first-order valence-electron chi connectivity index (χ1n) is 6.54. The van der Waals surface area contributed by atoms with Gasteiger partial charge < -0.3 is 10.6 Å². The Morgan fingerprint density at radius 1 is 1.50 bits per heavy atom. The van der Waals surface area contributed by atoms with Gasteiger partial charge in [0.25, 0.3) is 5.91 Å². The normalized spacial score (nSPS) is 17.4. The molecule has 1 amide bonds. The van der Waals surface area contributed by atoms with Crippen LogP contribution >= 0.6 is 35.2 Å². The number of thiazole rings is 1. The Bertz CT molecular complexity index is 729. The van der Waals surface area contributed by atoms with E-state index in [9.17, 15) is 9.18 Å². The molecule has 0 bridgehead atoms. The standard InChI is InChI=1S/C14H11ClFN3OS2/c15-8-3-7(4-9(16)5-8)14-18-6-11(22-14)12(20)19-10-1-2-17-13(10)21/h3-6,10H,1-2H2,(H,17,21)(H,19,20)/t10-/m0/s1. The molecule has 0 saturated carbocycles. The number of rotatable bonds is 3. The van der Waals surface area contributed by atoms with E-state index in [4.69, 9.17) is 23.8 Å².